The molecule has 2 heterocycles. The molecule has 6 amide bonds. The number of nitrogens with one attached hydrogen (secondary N) is 4. The SMILES string of the molecule is C=C(C)C(=O)OCCC1O[C@@H](O[C@@H]2C(C(=O)CNCCCCCN(O)C(=O)CCC(=O)NCCCCCN(O)C(=O)CCC(=O)NCCCCN(O)C(C)=O)O[C@H](C)C(O)[C@H]2O)C(NC(C)=O)[C@@](O)(OC)[C@@H]1O. The number of amides is 6. The number of carbonyl (C=O) groups is 8. The van der Waals surface area contributed by atoms with Gasteiger partial charge in [0.25, 0.3) is 0 Å². The largest absolute Gasteiger partial charge is 0.462 e. The Hall–Kier alpha value is -4.78. The maximum atomic E-state index is 13.6. The summed E-state index contributed by atoms with van der Waals surface area (Å²) in [5.74, 6) is -7.12. The number of ether oxygens (including phenoxy) is 5. The Kier molecular flexibility index (Phi) is 29.3. The number of nitrogens with zero attached hydrogens (tertiary/aromatic N) is 3. The second-order valence-electron chi connectivity index (χ2n) is 18.0. The first-order valence-electron chi connectivity index (χ1n) is 24.5. The molecule has 10 atom stereocenters. The van der Waals surface area contributed by atoms with Crippen molar-refractivity contribution in [3.8, 4) is 0 Å². The predicted octanol–water partition coefficient (Wildman–Crippen LogP) is -1.94. The summed E-state index contributed by atoms with van der Waals surface area (Å²) in [4.78, 5) is 97.6. The lowest BCUT2D eigenvalue weighted by molar-refractivity contribution is -0.377. The van der Waals surface area contributed by atoms with Crippen LogP contribution in [-0.2, 0) is 62.0 Å². The van der Waals surface area contributed by atoms with E-state index in [2.05, 4.69) is 27.8 Å². The van der Waals surface area contributed by atoms with Crippen molar-refractivity contribution in [2.75, 3.05) is 59.5 Å². The third-order valence-corrected chi connectivity index (χ3v) is 12.0. The highest BCUT2D eigenvalue weighted by atomic mass is 16.7. The topological polar surface area (TPSA) is 382 Å². The zero-order valence-electron chi connectivity index (χ0n) is 42.5. The smallest absolute Gasteiger partial charge is 0.333 e. The molecule has 2 rings (SSSR count). The van der Waals surface area contributed by atoms with Crippen LogP contribution in [-0.4, -0.2) is 219 Å². The molecule has 11 N–H and O–H groups in total. The number of unbranched alkanes of at least 4 members (excludes halogenated alkanes) is 5. The Bertz CT molecular complexity index is 1810. The lowest BCUT2D eigenvalue weighted by Crippen LogP contribution is -2.73. The van der Waals surface area contributed by atoms with E-state index in [4.69, 9.17) is 23.7 Å². The molecule has 0 radical (unpaired) electrons. The Balaban J connectivity index is 1.71. The Morgan fingerprint density at radius 1 is 0.699 bits per heavy atom. The molecule has 0 aromatic carbocycles. The molecule has 2 aliphatic heterocycles. The van der Waals surface area contributed by atoms with Gasteiger partial charge < -0.3 is 65.4 Å². The van der Waals surface area contributed by atoms with Crippen LogP contribution in [0.5, 0.6) is 0 Å². The molecular formula is C46H79N7O20. The first-order valence-corrected chi connectivity index (χ1v) is 24.5. The van der Waals surface area contributed by atoms with Gasteiger partial charge in [-0.2, -0.15) is 0 Å². The van der Waals surface area contributed by atoms with Crippen LogP contribution in [0.15, 0.2) is 12.2 Å². The number of rotatable bonds is 34. The van der Waals surface area contributed by atoms with Crippen molar-refractivity contribution in [3.63, 3.8) is 0 Å². The lowest BCUT2D eigenvalue weighted by atomic mass is 9.89. The fourth-order valence-electron chi connectivity index (χ4n) is 7.63. The summed E-state index contributed by atoms with van der Waals surface area (Å²) in [5.41, 5.74) is 0.110. The van der Waals surface area contributed by atoms with Gasteiger partial charge >= 0.3 is 5.97 Å². The number of hydrogen-bond acceptors (Lipinski definition) is 21. The summed E-state index contributed by atoms with van der Waals surface area (Å²) >= 11 is 0. The fourth-order valence-corrected chi connectivity index (χ4v) is 7.63. The maximum Gasteiger partial charge on any atom is 0.333 e. The van der Waals surface area contributed by atoms with E-state index in [1.54, 1.807) is 0 Å². The van der Waals surface area contributed by atoms with Crippen LogP contribution in [0.1, 0.15) is 111 Å². The summed E-state index contributed by atoms with van der Waals surface area (Å²) < 4.78 is 28.1. The van der Waals surface area contributed by atoms with Crippen LogP contribution in [0.3, 0.4) is 0 Å². The van der Waals surface area contributed by atoms with Crippen LogP contribution in [0.25, 0.3) is 0 Å². The van der Waals surface area contributed by atoms with Gasteiger partial charge in [0.05, 0.1) is 25.4 Å². The van der Waals surface area contributed by atoms with Crippen molar-refractivity contribution >= 4 is 47.2 Å². The molecule has 0 aromatic rings. The highest BCUT2D eigenvalue weighted by Gasteiger charge is 2.59. The third kappa shape index (κ3) is 22.3. The molecule has 2 aliphatic rings. The summed E-state index contributed by atoms with van der Waals surface area (Å²) in [7, 11) is 1.05. The van der Waals surface area contributed by atoms with Crippen LogP contribution in [0.2, 0.25) is 0 Å². The zero-order valence-corrected chi connectivity index (χ0v) is 42.5. The van der Waals surface area contributed by atoms with Crippen molar-refractivity contribution in [1.29, 1.82) is 0 Å². The molecule has 418 valence electrons. The highest BCUT2D eigenvalue weighted by Crippen LogP contribution is 2.35. The number of aliphatic hydroxyl groups excluding tert-OH is 3. The van der Waals surface area contributed by atoms with Crippen molar-refractivity contribution in [3.05, 3.63) is 12.2 Å². The number of carbonyl (C=O) groups excluding carboxylic acids is 8. The van der Waals surface area contributed by atoms with Crippen LogP contribution >= 0.6 is 0 Å². The standard InChI is InChI=1S/C46H79N7O20/c1-28(2)44(64)70-26-19-33-43(63)46(65,69-6)42(50-30(4)54)45(72-33)73-41-39(62)38(61)29(3)71-40(41)32(56)27-47-20-9-7-12-24-52(67)36(59)17-15-34(57)48-21-10-8-13-25-53(68)37(60)18-16-35(58)49-22-11-14-23-51(66)31(5)55/h29,33,38-43,45,47,61-63,65-68H,1,7-27H2,2-6H3,(H,48,57)(H,49,58)(H,50,54)/t29-,33?,38?,39-,40?,41+,42?,43-,45+,46-/m1/s1. The minimum Gasteiger partial charge on any atom is -0.462 e. The van der Waals surface area contributed by atoms with Gasteiger partial charge in [0.1, 0.15) is 36.6 Å². The molecule has 0 bridgehead atoms. The average molecular weight is 1050 g/mol. The van der Waals surface area contributed by atoms with E-state index < -0.39 is 102 Å². The van der Waals surface area contributed by atoms with Crippen LogP contribution in [0, 0.1) is 0 Å². The maximum absolute atomic E-state index is 13.6. The molecule has 27 nitrogen and oxygen atoms in total. The highest BCUT2D eigenvalue weighted by molar-refractivity contribution is 5.87. The summed E-state index contributed by atoms with van der Waals surface area (Å²) in [5, 5.41) is 86.4. The van der Waals surface area contributed by atoms with Crippen molar-refractivity contribution in [1.82, 2.24) is 36.5 Å². The number of ketones is 1. The van der Waals surface area contributed by atoms with E-state index >= 15 is 0 Å². The second-order valence-corrected chi connectivity index (χ2v) is 18.0. The van der Waals surface area contributed by atoms with E-state index in [1.807, 2.05) is 0 Å². The molecule has 73 heavy (non-hydrogen) atoms. The van der Waals surface area contributed by atoms with Gasteiger partial charge in [-0.05, 0) is 65.3 Å². The molecule has 27 heteroatoms. The van der Waals surface area contributed by atoms with Crippen LogP contribution in [0.4, 0.5) is 0 Å². The molecule has 0 saturated carbocycles. The Labute approximate surface area is 424 Å². The molecule has 0 aromatic heterocycles. The quantitative estimate of drug-likeness (QED) is 0.00834. The molecule has 0 spiro atoms. The van der Waals surface area contributed by atoms with Crippen molar-refractivity contribution in [2.45, 2.75) is 172 Å². The number of Topliss-reactive ketones (excluding diaryl/α,β-unsaturated/α-hetero) is 1. The van der Waals surface area contributed by atoms with Crippen molar-refractivity contribution < 1.29 is 98.1 Å². The second kappa shape index (κ2) is 33.2. The Morgan fingerprint density at radius 3 is 1.74 bits per heavy atom. The van der Waals surface area contributed by atoms with E-state index in [1.165, 1.54) is 20.8 Å². The van der Waals surface area contributed by atoms with E-state index in [-0.39, 0.29) is 82.9 Å². The zero-order chi connectivity index (χ0) is 54.8. The van der Waals surface area contributed by atoms with E-state index in [0.717, 1.165) is 14.0 Å². The Morgan fingerprint density at radius 2 is 1.22 bits per heavy atom. The molecule has 4 unspecified atom stereocenters. The number of hydrogen-bond donors (Lipinski definition) is 11. The van der Waals surface area contributed by atoms with Gasteiger partial charge in [0.2, 0.25) is 41.2 Å². The molecular weight excluding hydrogens is 971 g/mol. The van der Waals surface area contributed by atoms with Crippen molar-refractivity contribution in [2.24, 2.45) is 0 Å². The normalized spacial score (nSPS) is 24.7. The fraction of sp³-hybridized carbons (Fsp3) is 0.783. The summed E-state index contributed by atoms with van der Waals surface area (Å²) in [6.07, 6.45) is -9.41. The number of hydroxylamine groups is 6. The predicted molar refractivity (Wildman–Crippen MR) is 251 cm³/mol. The minimum absolute atomic E-state index is 0.0162. The summed E-state index contributed by atoms with van der Waals surface area (Å²) in [6.45, 7) is 9.15. The number of esters is 1. The average Bonchev–Trinajstić information content (AvgIpc) is 3.34. The van der Waals surface area contributed by atoms with Crippen LogP contribution < -0.4 is 21.3 Å². The van der Waals surface area contributed by atoms with E-state index in [0.29, 0.717) is 79.6 Å². The first-order chi connectivity index (χ1) is 34.4. The molecule has 2 saturated heterocycles. The molecule has 0 aliphatic carbocycles. The van der Waals surface area contributed by atoms with Gasteiger partial charge in [-0.15, -0.1) is 0 Å². The van der Waals surface area contributed by atoms with Gasteiger partial charge in [-0.25, -0.2) is 20.0 Å². The monoisotopic (exact) mass is 1050 g/mol. The third-order valence-electron chi connectivity index (χ3n) is 12.0. The number of aliphatic hydroxyl groups is 4. The minimum atomic E-state index is -2.57. The summed E-state index contributed by atoms with van der Waals surface area (Å²) in [6, 6.07) is -1.66. The van der Waals surface area contributed by atoms with Gasteiger partial charge in [0, 0.05) is 91.4 Å². The lowest BCUT2D eigenvalue weighted by Gasteiger charge is -2.51. The molecule has 2 fully saturated rings. The van der Waals surface area contributed by atoms with Gasteiger partial charge in [-0.1, -0.05) is 13.0 Å². The van der Waals surface area contributed by atoms with E-state index in [9.17, 15) is 74.4 Å². The number of methoxy groups -OCH3 is 1. The van der Waals surface area contributed by atoms with Gasteiger partial charge in [-0.3, -0.25) is 49.2 Å². The first kappa shape index (κ1) is 64.3. The van der Waals surface area contributed by atoms with Gasteiger partial charge in [0.15, 0.2) is 12.1 Å².